The molecule has 0 radical (unpaired) electrons. The van der Waals surface area contributed by atoms with E-state index < -0.39 is 0 Å². The lowest BCUT2D eigenvalue weighted by atomic mass is 10.0. The molecule has 0 saturated heterocycles. The molecule has 2 aromatic carbocycles. The SMILES string of the molecule is CN(C)CCN1C=c2c(cc3cc4cc(=O)n(NCCNCCO)cc4c2c3)N1. The Kier molecular flexibility index (Phi) is 5.57. The van der Waals surface area contributed by atoms with E-state index in [1.165, 1.54) is 0 Å². The molecule has 29 heavy (non-hydrogen) atoms. The highest BCUT2D eigenvalue weighted by molar-refractivity contribution is 6.04. The highest BCUT2D eigenvalue weighted by atomic mass is 16.3. The molecule has 0 saturated carbocycles. The molecule has 0 amide bonds. The molecule has 1 aliphatic rings. The second-order valence-electron chi connectivity index (χ2n) is 7.64. The number of aliphatic hydroxyl groups excluding tert-OH is 1. The zero-order valence-corrected chi connectivity index (χ0v) is 16.9. The van der Waals surface area contributed by atoms with Crippen LogP contribution in [0.2, 0.25) is 0 Å². The fraction of sp³-hybridized carbons (Fsp3) is 0.381. The maximum Gasteiger partial charge on any atom is 0.269 e. The van der Waals surface area contributed by atoms with Gasteiger partial charge in [-0.05, 0) is 48.5 Å². The Morgan fingerprint density at radius 2 is 1.97 bits per heavy atom. The third-order valence-electron chi connectivity index (χ3n) is 5.11. The summed E-state index contributed by atoms with van der Waals surface area (Å²) in [6.07, 6.45) is 4.03. The van der Waals surface area contributed by atoms with Crippen molar-refractivity contribution >= 4 is 33.4 Å². The molecule has 2 heterocycles. The molecule has 8 heteroatoms. The third-order valence-corrected chi connectivity index (χ3v) is 5.11. The van der Waals surface area contributed by atoms with Crippen LogP contribution in [0.3, 0.4) is 0 Å². The van der Waals surface area contributed by atoms with Crippen molar-refractivity contribution in [3.63, 3.8) is 0 Å². The van der Waals surface area contributed by atoms with Crippen LogP contribution < -0.4 is 26.9 Å². The molecule has 2 bridgehead atoms. The zero-order valence-electron chi connectivity index (χ0n) is 16.9. The Hall–Kier alpha value is -2.81. The summed E-state index contributed by atoms with van der Waals surface area (Å²) in [4.78, 5) is 14.7. The van der Waals surface area contributed by atoms with E-state index in [1.807, 2.05) is 6.20 Å². The van der Waals surface area contributed by atoms with Crippen molar-refractivity contribution in [1.29, 1.82) is 0 Å². The van der Waals surface area contributed by atoms with Gasteiger partial charge in [0, 0.05) is 55.2 Å². The summed E-state index contributed by atoms with van der Waals surface area (Å²) in [5, 5.41) is 19.4. The number of anilines is 1. The van der Waals surface area contributed by atoms with Gasteiger partial charge in [-0.1, -0.05) is 0 Å². The van der Waals surface area contributed by atoms with Gasteiger partial charge in [-0.2, -0.15) is 0 Å². The molecule has 154 valence electrons. The van der Waals surface area contributed by atoms with Crippen molar-refractivity contribution in [1.82, 2.24) is 19.9 Å². The summed E-state index contributed by atoms with van der Waals surface area (Å²) >= 11 is 0. The first-order valence-electron chi connectivity index (χ1n) is 9.93. The van der Waals surface area contributed by atoms with Gasteiger partial charge in [0.15, 0.2) is 0 Å². The highest BCUT2D eigenvalue weighted by Crippen LogP contribution is 2.25. The number of fused-ring (bicyclic) bond motifs is 6. The van der Waals surface area contributed by atoms with Crippen LogP contribution in [0.4, 0.5) is 5.69 Å². The van der Waals surface area contributed by atoms with Gasteiger partial charge in [-0.3, -0.25) is 15.2 Å². The number of hydrogen-bond donors (Lipinski definition) is 4. The van der Waals surface area contributed by atoms with Crippen LogP contribution in [0.1, 0.15) is 0 Å². The predicted octanol–water partition coefficient (Wildman–Crippen LogP) is -0.0589. The molecule has 4 N–H and O–H groups in total. The fourth-order valence-electron chi connectivity index (χ4n) is 3.65. The van der Waals surface area contributed by atoms with Gasteiger partial charge in [-0.25, -0.2) is 4.68 Å². The topological polar surface area (TPSA) is 84.8 Å². The first-order chi connectivity index (χ1) is 14.0. The summed E-state index contributed by atoms with van der Waals surface area (Å²) < 4.78 is 1.55. The standard InChI is InChI=1S/C21H28N6O2/c1-25(2)6-7-26-13-19-17-10-15(11-20(19)24-26)9-16-12-21(29)27(14-18(16)17)23-4-3-22-5-8-28/h9-14,22-24,28H,3-8H2,1-2H3. The monoisotopic (exact) mass is 396 g/mol. The van der Waals surface area contributed by atoms with E-state index in [1.54, 1.807) is 10.7 Å². The molecule has 1 aliphatic heterocycles. The van der Waals surface area contributed by atoms with Gasteiger partial charge in [-0.15, -0.1) is 0 Å². The van der Waals surface area contributed by atoms with Crippen molar-refractivity contribution in [3.8, 4) is 0 Å². The average molecular weight is 396 g/mol. The predicted molar refractivity (Wildman–Crippen MR) is 118 cm³/mol. The molecule has 3 aromatic rings. The number of nitrogens with one attached hydrogen (secondary N) is 3. The van der Waals surface area contributed by atoms with Gasteiger partial charge < -0.3 is 20.7 Å². The molecular weight excluding hydrogens is 368 g/mol. The number of pyridine rings is 1. The summed E-state index contributed by atoms with van der Waals surface area (Å²) in [6, 6.07) is 8.04. The van der Waals surface area contributed by atoms with Gasteiger partial charge >= 0.3 is 0 Å². The minimum Gasteiger partial charge on any atom is -0.395 e. The Morgan fingerprint density at radius 3 is 2.76 bits per heavy atom. The molecule has 4 rings (SSSR count). The lowest BCUT2D eigenvalue weighted by Gasteiger charge is -2.19. The molecule has 0 fully saturated rings. The number of rotatable bonds is 9. The Bertz CT molecular complexity index is 1120. The van der Waals surface area contributed by atoms with Crippen LogP contribution in [0.15, 0.2) is 35.3 Å². The van der Waals surface area contributed by atoms with Crippen molar-refractivity contribution in [2.75, 3.05) is 64.3 Å². The maximum absolute atomic E-state index is 12.5. The number of hydrogen-bond acceptors (Lipinski definition) is 7. The van der Waals surface area contributed by atoms with Crippen molar-refractivity contribution in [2.45, 2.75) is 0 Å². The van der Waals surface area contributed by atoms with Gasteiger partial charge in [0.05, 0.1) is 18.8 Å². The molecule has 0 spiro atoms. The average Bonchev–Trinajstić information content (AvgIpc) is 3.09. The van der Waals surface area contributed by atoms with E-state index >= 15 is 0 Å². The number of aromatic nitrogens is 1. The highest BCUT2D eigenvalue weighted by Gasteiger charge is 2.15. The first-order valence-corrected chi connectivity index (χ1v) is 9.93. The zero-order chi connectivity index (χ0) is 20.4. The normalized spacial score (nSPS) is 13.2. The quantitative estimate of drug-likeness (QED) is 0.377. The van der Waals surface area contributed by atoms with Crippen LogP contribution in [0.25, 0.3) is 27.7 Å². The van der Waals surface area contributed by atoms with E-state index in [0.717, 1.165) is 45.5 Å². The summed E-state index contributed by atoms with van der Waals surface area (Å²) in [7, 11) is 4.13. The summed E-state index contributed by atoms with van der Waals surface area (Å²) in [6.45, 7) is 3.74. The fourth-order valence-corrected chi connectivity index (χ4v) is 3.65. The lowest BCUT2D eigenvalue weighted by molar-refractivity contribution is 0.293. The number of nitrogens with zero attached hydrogens (tertiary/aromatic N) is 3. The third kappa shape index (κ3) is 4.14. The van der Waals surface area contributed by atoms with E-state index in [9.17, 15) is 4.79 Å². The minimum absolute atomic E-state index is 0.0846. The molecule has 0 unspecified atom stereocenters. The molecule has 8 nitrogen and oxygen atoms in total. The Labute approximate surface area is 169 Å². The van der Waals surface area contributed by atoms with E-state index in [-0.39, 0.29) is 12.2 Å². The van der Waals surface area contributed by atoms with Crippen molar-refractivity contribution in [2.24, 2.45) is 0 Å². The lowest BCUT2D eigenvalue weighted by Crippen LogP contribution is -2.33. The Balaban J connectivity index is 1.68. The van der Waals surface area contributed by atoms with Crippen LogP contribution in [-0.2, 0) is 0 Å². The van der Waals surface area contributed by atoms with E-state index in [0.29, 0.717) is 19.6 Å². The second-order valence-corrected chi connectivity index (χ2v) is 7.64. The molecular formula is C21H28N6O2. The summed E-state index contributed by atoms with van der Waals surface area (Å²) in [5.74, 6) is 0. The Morgan fingerprint density at radius 1 is 1.10 bits per heavy atom. The second kappa shape index (κ2) is 8.28. The van der Waals surface area contributed by atoms with Crippen molar-refractivity contribution in [3.05, 3.63) is 46.0 Å². The van der Waals surface area contributed by atoms with E-state index in [2.05, 4.69) is 64.6 Å². The molecule has 0 aliphatic carbocycles. The van der Waals surface area contributed by atoms with Gasteiger partial charge in [0.2, 0.25) is 0 Å². The number of hydrazine groups is 1. The largest absolute Gasteiger partial charge is 0.395 e. The number of likely N-dealkylation sites (N-methyl/N-ethyl adjacent to an activating group) is 1. The minimum atomic E-state index is -0.0846. The van der Waals surface area contributed by atoms with Crippen LogP contribution in [0, 0.1) is 0 Å². The first kappa shape index (κ1) is 19.5. The van der Waals surface area contributed by atoms with Crippen LogP contribution in [0.5, 0.6) is 0 Å². The van der Waals surface area contributed by atoms with Crippen LogP contribution >= 0.6 is 0 Å². The number of benzene rings is 2. The maximum atomic E-state index is 12.5. The van der Waals surface area contributed by atoms with Crippen molar-refractivity contribution < 1.29 is 5.11 Å². The van der Waals surface area contributed by atoms with Crippen LogP contribution in [-0.4, -0.2) is 73.1 Å². The van der Waals surface area contributed by atoms with E-state index in [4.69, 9.17) is 5.11 Å². The molecule has 1 aromatic heterocycles. The van der Waals surface area contributed by atoms with Gasteiger partial charge in [0.25, 0.3) is 5.56 Å². The summed E-state index contributed by atoms with van der Waals surface area (Å²) in [5.41, 5.74) is 7.62. The van der Waals surface area contributed by atoms with Gasteiger partial charge in [0.1, 0.15) is 0 Å². The smallest absolute Gasteiger partial charge is 0.269 e. The molecule has 0 atom stereocenters. The number of aliphatic hydroxyl groups is 1.